The number of hydrogen-bond acceptors (Lipinski definition) is 1. The van der Waals surface area contributed by atoms with Crippen molar-refractivity contribution < 1.29 is 3.07 Å². The van der Waals surface area contributed by atoms with Gasteiger partial charge in [0.1, 0.15) is 0 Å². The molecule has 1 rings (SSSR count). The van der Waals surface area contributed by atoms with Crippen LogP contribution in [0.5, 0.6) is 0 Å². The molecule has 17 heavy (non-hydrogen) atoms. The maximum atomic E-state index is 6.31. The van der Waals surface area contributed by atoms with E-state index in [9.17, 15) is 0 Å². The summed E-state index contributed by atoms with van der Waals surface area (Å²) in [5, 5.41) is 0. The maximum absolute atomic E-state index is 6.31. The molecule has 1 nitrogen and oxygen atoms in total. The molecule has 0 radical (unpaired) electrons. The molecule has 0 N–H and O–H groups in total. The summed E-state index contributed by atoms with van der Waals surface area (Å²) in [4.78, 5) is 0. The topological polar surface area (TPSA) is 9.23 Å². The van der Waals surface area contributed by atoms with Gasteiger partial charge in [0.05, 0.1) is 0 Å². The fourth-order valence-electron chi connectivity index (χ4n) is 2.27. The summed E-state index contributed by atoms with van der Waals surface area (Å²) in [6, 6.07) is 10.7. The summed E-state index contributed by atoms with van der Waals surface area (Å²) in [6.45, 7) is 7.93. The number of hydrogen-bond donors (Lipinski definition) is 0. The van der Waals surface area contributed by atoms with Crippen LogP contribution >= 0.6 is 0 Å². The van der Waals surface area contributed by atoms with Crippen LogP contribution in [0.15, 0.2) is 30.3 Å². The Balaban J connectivity index is 2.28. The molecule has 0 aliphatic heterocycles. The Morgan fingerprint density at radius 2 is 1.53 bits per heavy atom. The molecular weight excluding hydrogens is 315 g/mol. The summed E-state index contributed by atoms with van der Waals surface area (Å²) < 4.78 is 10.3. The van der Waals surface area contributed by atoms with E-state index in [1.165, 1.54) is 25.3 Å². The first-order valence-electron chi connectivity index (χ1n) is 6.94. The van der Waals surface area contributed by atoms with Gasteiger partial charge in [0.15, 0.2) is 0 Å². The van der Waals surface area contributed by atoms with Gasteiger partial charge in [-0.2, -0.15) is 0 Å². The van der Waals surface area contributed by atoms with Crippen molar-refractivity contribution in [2.75, 3.05) is 6.61 Å². The molecular formula is C15H26OSn. The SMILES string of the molecule is C[CH2][Sn]([CH2]C)([CH2]C)[O]CCCc1ccccc1. The van der Waals surface area contributed by atoms with Crippen LogP contribution < -0.4 is 0 Å². The van der Waals surface area contributed by atoms with Crippen LogP contribution in [0.3, 0.4) is 0 Å². The number of benzene rings is 1. The monoisotopic (exact) mass is 342 g/mol. The van der Waals surface area contributed by atoms with Crippen LogP contribution in [0.2, 0.25) is 13.3 Å². The molecule has 0 unspecified atom stereocenters. The normalized spacial score (nSPS) is 11.7. The third-order valence-corrected chi connectivity index (χ3v) is 17.2. The average molecular weight is 341 g/mol. The van der Waals surface area contributed by atoms with E-state index in [0.29, 0.717) is 0 Å². The summed E-state index contributed by atoms with van der Waals surface area (Å²) in [5.41, 5.74) is 1.43. The minimum absolute atomic E-state index is 0.973. The van der Waals surface area contributed by atoms with Crippen molar-refractivity contribution in [3.63, 3.8) is 0 Å². The second kappa shape index (κ2) is 8.15. The fourth-order valence-corrected chi connectivity index (χ4v) is 9.94. The Morgan fingerprint density at radius 1 is 0.941 bits per heavy atom. The molecule has 0 bridgehead atoms. The molecule has 0 spiro atoms. The van der Waals surface area contributed by atoms with Crippen LogP contribution in [0.4, 0.5) is 0 Å². The molecule has 2 heteroatoms. The van der Waals surface area contributed by atoms with Crippen molar-refractivity contribution in [3.05, 3.63) is 35.9 Å². The van der Waals surface area contributed by atoms with E-state index < -0.39 is 18.8 Å². The summed E-state index contributed by atoms with van der Waals surface area (Å²) >= 11 is -2.11. The number of rotatable bonds is 8. The van der Waals surface area contributed by atoms with Gasteiger partial charge in [-0.05, 0) is 0 Å². The first kappa shape index (κ1) is 15.0. The van der Waals surface area contributed by atoms with Crippen LogP contribution in [0.1, 0.15) is 32.8 Å². The Bertz CT molecular complexity index is 285. The van der Waals surface area contributed by atoms with Crippen LogP contribution in [-0.2, 0) is 9.49 Å². The molecule has 0 aromatic heterocycles. The van der Waals surface area contributed by atoms with Gasteiger partial charge in [-0.1, -0.05) is 0 Å². The first-order chi connectivity index (χ1) is 8.26. The van der Waals surface area contributed by atoms with E-state index in [0.717, 1.165) is 13.0 Å². The van der Waals surface area contributed by atoms with Gasteiger partial charge in [-0.3, -0.25) is 0 Å². The summed E-state index contributed by atoms with van der Waals surface area (Å²) in [7, 11) is 0. The van der Waals surface area contributed by atoms with Crippen molar-refractivity contribution >= 4 is 18.8 Å². The van der Waals surface area contributed by atoms with Gasteiger partial charge in [0.25, 0.3) is 0 Å². The van der Waals surface area contributed by atoms with Crippen molar-refractivity contribution in [2.24, 2.45) is 0 Å². The van der Waals surface area contributed by atoms with E-state index in [1.54, 1.807) is 0 Å². The standard InChI is InChI=1S/C9H11O.3C2H5.Sn/c10-8-4-7-9-5-2-1-3-6-9;3*1-2;/h1-3,5-6H,4,7-8H2;3*1H2,2H3;/q-1;;;;+1. The van der Waals surface area contributed by atoms with Gasteiger partial charge in [-0.15, -0.1) is 0 Å². The molecule has 0 amide bonds. The van der Waals surface area contributed by atoms with Crippen molar-refractivity contribution in [3.8, 4) is 0 Å². The molecule has 0 fully saturated rings. The second-order valence-corrected chi connectivity index (χ2v) is 18.3. The minimum atomic E-state index is -2.11. The Hall–Kier alpha value is -0.0213. The zero-order valence-electron chi connectivity index (χ0n) is 11.5. The van der Waals surface area contributed by atoms with Crippen molar-refractivity contribution in [2.45, 2.75) is 46.9 Å². The fraction of sp³-hybridized carbons (Fsp3) is 0.600. The van der Waals surface area contributed by atoms with Crippen molar-refractivity contribution in [1.29, 1.82) is 0 Å². The summed E-state index contributed by atoms with van der Waals surface area (Å²) in [5.74, 6) is 0. The molecule has 0 heterocycles. The van der Waals surface area contributed by atoms with Gasteiger partial charge >= 0.3 is 111 Å². The third-order valence-electron chi connectivity index (χ3n) is 3.79. The zero-order valence-corrected chi connectivity index (χ0v) is 14.4. The Labute approximate surface area is 111 Å². The average Bonchev–Trinajstić information content (AvgIpc) is 2.41. The predicted molar refractivity (Wildman–Crippen MR) is 77.9 cm³/mol. The zero-order chi connectivity index (χ0) is 12.6. The summed E-state index contributed by atoms with van der Waals surface area (Å²) in [6.07, 6.45) is 2.32. The van der Waals surface area contributed by atoms with E-state index in [4.69, 9.17) is 3.07 Å². The molecule has 0 aliphatic rings. The molecule has 0 atom stereocenters. The van der Waals surface area contributed by atoms with Crippen LogP contribution in [0, 0.1) is 0 Å². The van der Waals surface area contributed by atoms with E-state index >= 15 is 0 Å². The molecule has 0 saturated carbocycles. The number of aryl methyl sites for hydroxylation is 1. The Kier molecular flexibility index (Phi) is 7.21. The van der Waals surface area contributed by atoms with Gasteiger partial charge in [0, 0.05) is 0 Å². The van der Waals surface area contributed by atoms with Gasteiger partial charge in [-0.25, -0.2) is 0 Å². The second-order valence-electron chi connectivity index (χ2n) is 4.68. The Morgan fingerprint density at radius 3 is 2.06 bits per heavy atom. The molecule has 96 valence electrons. The molecule has 0 aliphatic carbocycles. The first-order valence-corrected chi connectivity index (χ1v) is 14.2. The van der Waals surface area contributed by atoms with E-state index in [2.05, 4.69) is 51.1 Å². The molecule has 1 aromatic rings. The van der Waals surface area contributed by atoms with Gasteiger partial charge in [0.2, 0.25) is 0 Å². The van der Waals surface area contributed by atoms with E-state index in [-0.39, 0.29) is 0 Å². The molecule has 0 saturated heterocycles. The van der Waals surface area contributed by atoms with E-state index in [1.807, 2.05) is 0 Å². The van der Waals surface area contributed by atoms with Crippen LogP contribution in [0.25, 0.3) is 0 Å². The molecule has 1 aromatic carbocycles. The van der Waals surface area contributed by atoms with Crippen molar-refractivity contribution in [1.82, 2.24) is 0 Å². The quantitative estimate of drug-likeness (QED) is 0.494. The third kappa shape index (κ3) is 5.00. The predicted octanol–water partition coefficient (Wildman–Crippen LogP) is 4.64. The van der Waals surface area contributed by atoms with Crippen LogP contribution in [-0.4, -0.2) is 25.4 Å². The van der Waals surface area contributed by atoms with Gasteiger partial charge < -0.3 is 0 Å².